The smallest absolute Gasteiger partial charge is 0.316 e. The SMILES string of the molecule is CCOC(=O)CSc1nnc(CN2C[C@H](C)/C(=N/O)C[C@H]2C)n1-c1ccccc1. The second-order valence-corrected chi connectivity index (χ2v) is 8.08. The molecule has 0 amide bonds. The van der Waals surface area contributed by atoms with Crippen molar-refractivity contribution in [3.8, 4) is 5.69 Å². The fourth-order valence-electron chi connectivity index (χ4n) is 3.47. The first-order chi connectivity index (χ1) is 14.0. The summed E-state index contributed by atoms with van der Waals surface area (Å²) in [4.78, 5) is 14.1. The van der Waals surface area contributed by atoms with Gasteiger partial charge >= 0.3 is 5.97 Å². The van der Waals surface area contributed by atoms with Gasteiger partial charge in [0.1, 0.15) is 0 Å². The van der Waals surface area contributed by atoms with Gasteiger partial charge < -0.3 is 9.94 Å². The van der Waals surface area contributed by atoms with Crippen molar-refractivity contribution in [2.45, 2.75) is 44.9 Å². The molecule has 1 fully saturated rings. The third kappa shape index (κ3) is 5.16. The van der Waals surface area contributed by atoms with Crippen molar-refractivity contribution in [1.82, 2.24) is 19.7 Å². The normalized spacial score (nSPS) is 21.4. The molecule has 1 N–H and O–H groups in total. The van der Waals surface area contributed by atoms with Crippen LogP contribution in [0.4, 0.5) is 0 Å². The summed E-state index contributed by atoms with van der Waals surface area (Å²) in [7, 11) is 0. The fourth-order valence-corrected chi connectivity index (χ4v) is 4.24. The molecule has 0 radical (unpaired) electrons. The van der Waals surface area contributed by atoms with Crippen LogP contribution in [0.25, 0.3) is 5.69 Å². The van der Waals surface area contributed by atoms with Crippen LogP contribution in [0.3, 0.4) is 0 Å². The fraction of sp³-hybridized carbons (Fsp3) is 0.500. The Kier molecular flexibility index (Phi) is 7.27. The van der Waals surface area contributed by atoms with Crippen LogP contribution in [-0.2, 0) is 16.1 Å². The molecule has 3 rings (SSSR count). The Morgan fingerprint density at radius 1 is 1.31 bits per heavy atom. The number of para-hydroxylation sites is 1. The molecule has 1 aliphatic heterocycles. The minimum absolute atomic E-state index is 0.182. The average Bonchev–Trinajstić information content (AvgIpc) is 3.12. The number of ether oxygens (including phenoxy) is 1. The zero-order valence-electron chi connectivity index (χ0n) is 17.0. The Morgan fingerprint density at radius 3 is 2.76 bits per heavy atom. The average molecular weight is 418 g/mol. The number of benzene rings is 1. The molecule has 0 spiro atoms. The van der Waals surface area contributed by atoms with Crippen LogP contribution in [0.5, 0.6) is 0 Å². The summed E-state index contributed by atoms with van der Waals surface area (Å²) in [6, 6.07) is 10.1. The first kappa shape index (κ1) is 21.3. The Balaban J connectivity index is 1.84. The number of carbonyl (C=O) groups is 1. The summed E-state index contributed by atoms with van der Waals surface area (Å²) in [6.45, 7) is 7.74. The Morgan fingerprint density at radius 2 is 2.07 bits per heavy atom. The maximum Gasteiger partial charge on any atom is 0.316 e. The topological polar surface area (TPSA) is 92.8 Å². The van der Waals surface area contributed by atoms with Gasteiger partial charge in [0.05, 0.1) is 24.6 Å². The lowest BCUT2D eigenvalue weighted by atomic mass is 9.93. The van der Waals surface area contributed by atoms with Crippen molar-refractivity contribution in [1.29, 1.82) is 0 Å². The summed E-state index contributed by atoms with van der Waals surface area (Å²) in [6.07, 6.45) is 0.724. The molecule has 2 atom stereocenters. The van der Waals surface area contributed by atoms with Crippen molar-refractivity contribution in [3.05, 3.63) is 36.2 Å². The molecular weight excluding hydrogens is 390 g/mol. The highest BCUT2D eigenvalue weighted by atomic mass is 32.2. The van der Waals surface area contributed by atoms with Crippen molar-refractivity contribution in [2.24, 2.45) is 11.1 Å². The molecule has 1 aromatic heterocycles. The van der Waals surface area contributed by atoms with Crippen LogP contribution >= 0.6 is 11.8 Å². The largest absolute Gasteiger partial charge is 0.465 e. The third-order valence-electron chi connectivity index (χ3n) is 5.02. The predicted octanol–water partition coefficient (Wildman–Crippen LogP) is 2.98. The zero-order chi connectivity index (χ0) is 20.8. The van der Waals surface area contributed by atoms with E-state index in [1.165, 1.54) is 11.8 Å². The number of hydrogen-bond donors (Lipinski definition) is 1. The van der Waals surface area contributed by atoms with E-state index in [0.717, 1.165) is 30.2 Å². The number of rotatable bonds is 7. The molecule has 29 heavy (non-hydrogen) atoms. The summed E-state index contributed by atoms with van der Waals surface area (Å²) < 4.78 is 7.02. The van der Waals surface area contributed by atoms with Crippen LogP contribution in [0.1, 0.15) is 33.0 Å². The minimum atomic E-state index is -0.268. The van der Waals surface area contributed by atoms with Gasteiger partial charge in [-0.1, -0.05) is 42.0 Å². The number of oxime groups is 1. The molecule has 9 heteroatoms. The maximum atomic E-state index is 11.8. The number of likely N-dealkylation sites (tertiary alicyclic amines) is 1. The maximum absolute atomic E-state index is 11.8. The number of esters is 1. The van der Waals surface area contributed by atoms with Gasteiger partial charge in [0.2, 0.25) is 0 Å². The number of aromatic nitrogens is 3. The lowest BCUT2D eigenvalue weighted by molar-refractivity contribution is -0.139. The summed E-state index contributed by atoms with van der Waals surface area (Å²) in [5, 5.41) is 22.1. The highest BCUT2D eigenvalue weighted by Crippen LogP contribution is 2.26. The van der Waals surface area contributed by atoms with E-state index in [1.54, 1.807) is 6.92 Å². The molecule has 1 aliphatic rings. The number of carbonyl (C=O) groups excluding carboxylic acids is 1. The quantitative estimate of drug-likeness (QED) is 0.320. The molecular formula is C20H27N5O3S. The van der Waals surface area contributed by atoms with Crippen LogP contribution in [0.2, 0.25) is 0 Å². The van der Waals surface area contributed by atoms with Gasteiger partial charge in [-0.25, -0.2) is 0 Å². The van der Waals surface area contributed by atoms with E-state index in [1.807, 2.05) is 34.9 Å². The lowest BCUT2D eigenvalue weighted by Crippen LogP contribution is -2.45. The number of hydrogen-bond acceptors (Lipinski definition) is 8. The van der Waals surface area contributed by atoms with E-state index in [0.29, 0.717) is 18.3 Å². The van der Waals surface area contributed by atoms with E-state index in [2.05, 4.69) is 34.1 Å². The first-order valence-corrected chi connectivity index (χ1v) is 10.7. The Bertz CT molecular complexity index is 855. The number of nitrogens with zero attached hydrogens (tertiary/aromatic N) is 5. The first-order valence-electron chi connectivity index (χ1n) is 9.76. The molecule has 0 bridgehead atoms. The van der Waals surface area contributed by atoms with E-state index >= 15 is 0 Å². The van der Waals surface area contributed by atoms with E-state index in [4.69, 9.17) is 4.74 Å². The van der Waals surface area contributed by atoms with Crippen molar-refractivity contribution in [2.75, 3.05) is 18.9 Å². The van der Waals surface area contributed by atoms with E-state index in [-0.39, 0.29) is 23.7 Å². The second-order valence-electron chi connectivity index (χ2n) is 7.14. The molecule has 156 valence electrons. The highest BCUT2D eigenvalue weighted by Gasteiger charge is 2.30. The van der Waals surface area contributed by atoms with Crippen LogP contribution in [-0.4, -0.2) is 61.5 Å². The molecule has 1 saturated heterocycles. The predicted molar refractivity (Wildman–Crippen MR) is 112 cm³/mol. The van der Waals surface area contributed by atoms with Crippen molar-refractivity contribution < 1.29 is 14.7 Å². The number of piperidine rings is 1. The summed E-state index contributed by atoms with van der Waals surface area (Å²) in [5.41, 5.74) is 1.79. The standard InChI is InChI=1S/C20H27N5O3S/c1-4-28-19(26)13-29-20-22-21-18(25(20)16-8-6-5-7-9-16)12-24-11-14(2)17(23-27)10-15(24)3/h5-9,14-15,27H,4,10-13H2,1-3H3/b23-17+/t14-,15+/m0/s1. The van der Waals surface area contributed by atoms with Crippen molar-refractivity contribution in [3.63, 3.8) is 0 Å². The van der Waals surface area contributed by atoms with Crippen LogP contribution in [0.15, 0.2) is 40.6 Å². The Labute approximate surface area is 174 Å². The third-order valence-corrected chi connectivity index (χ3v) is 5.92. The molecule has 0 saturated carbocycles. The summed E-state index contributed by atoms with van der Waals surface area (Å²) >= 11 is 1.32. The Hall–Kier alpha value is -2.39. The van der Waals surface area contributed by atoms with Crippen LogP contribution in [0, 0.1) is 5.92 Å². The van der Waals surface area contributed by atoms with Gasteiger partial charge in [-0.15, -0.1) is 10.2 Å². The molecule has 0 unspecified atom stereocenters. The molecule has 0 aliphatic carbocycles. The molecule has 8 nitrogen and oxygen atoms in total. The number of thioether (sulfide) groups is 1. The lowest BCUT2D eigenvalue weighted by Gasteiger charge is -2.36. The van der Waals surface area contributed by atoms with Gasteiger partial charge in [-0.3, -0.25) is 14.3 Å². The van der Waals surface area contributed by atoms with Crippen molar-refractivity contribution >= 4 is 23.4 Å². The minimum Gasteiger partial charge on any atom is -0.465 e. The van der Waals surface area contributed by atoms with E-state index in [9.17, 15) is 10.0 Å². The van der Waals surface area contributed by atoms with Gasteiger partial charge in [-0.05, 0) is 26.0 Å². The van der Waals surface area contributed by atoms with Gasteiger partial charge in [-0.2, -0.15) is 0 Å². The zero-order valence-corrected chi connectivity index (χ0v) is 17.8. The summed E-state index contributed by atoms with van der Waals surface area (Å²) in [5.74, 6) is 0.913. The second kappa shape index (κ2) is 9.89. The van der Waals surface area contributed by atoms with Gasteiger partial charge in [0.15, 0.2) is 11.0 Å². The monoisotopic (exact) mass is 417 g/mol. The van der Waals surface area contributed by atoms with Crippen LogP contribution < -0.4 is 0 Å². The van der Waals surface area contributed by atoms with E-state index < -0.39 is 0 Å². The molecule has 1 aromatic carbocycles. The highest BCUT2D eigenvalue weighted by molar-refractivity contribution is 7.99. The van der Waals surface area contributed by atoms with Gasteiger partial charge in [0.25, 0.3) is 0 Å². The molecule has 2 heterocycles. The van der Waals surface area contributed by atoms with Gasteiger partial charge in [0, 0.05) is 30.6 Å². The molecule has 2 aromatic rings.